The zero-order valence-corrected chi connectivity index (χ0v) is 21.2. The summed E-state index contributed by atoms with van der Waals surface area (Å²) in [7, 11) is 0. The maximum absolute atomic E-state index is 11.4. The Morgan fingerprint density at radius 2 is 1.97 bits per heavy atom. The average Bonchev–Trinajstić information content (AvgIpc) is 3.45. The number of carbonyl (C=O) groups is 1. The van der Waals surface area contributed by atoms with Gasteiger partial charge in [0.1, 0.15) is 11.8 Å². The first-order valence-corrected chi connectivity index (χ1v) is 13.1. The monoisotopic (exact) mass is 525 g/mol. The van der Waals surface area contributed by atoms with Crippen LogP contribution < -0.4 is 10.2 Å². The second-order valence-electron chi connectivity index (χ2n) is 8.99. The Balaban J connectivity index is 1.20. The molecule has 0 saturated carbocycles. The quantitative estimate of drug-likeness (QED) is 0.261. The van der Waals surface area contributed by atoms with Crippen LogP contribution in [0.3, 0.4) is 0 Å². The van der Waals surface area contributed by atoms with Crippen LogP contribution in [0.5, 0.6) is 5.75 Å². The molecule has 7 nitrogen and oxygen atoms in total. The van der Waals surface area contributed by atoms with Crippen molar-refractivity contribution in [1.82, 2.24) is 9.31 Å². The summed E-state index contributed by atoms with van der Waals surface area (Å²) in [5, 5.41) is 19.7. The highest BCUT2D eigenvalue weighted by Crippen LogP contribution is 2.38. The Labute approximate surface area is 219 Å². The van der Waals surface area contributed by atoms with Gasteiger partial charge in [-0.3, -0.25) is 9.69 Å². The number of aliphatic hydroxyl groups excluding tert-OH is 1. The Kier molecular flexibility index (Phi) is 7.69. The van der Waals surface area contributed by atoms with E-state index in [1.807, 2.05) is 36.4 Å². The van der Waals surface area contributed by atoms with Crippen LogP contribution in [0.1, 0.15) is 18.4 Å². The van der Waals surface area contributed by atoms with Gasteiger partial charge in [-0.25, -0.2) is 0 Å². The molecule has 0 bridgehead atoms. The number of hydrazine groups is 1. The predicted molar refractivity (Wildman–Crippen MR) is 142 cm³/mol. The SMILES string of the molecule is O=C(O)[C@@H]1C[C@@H](O)CN1CCCOc1cccc(-c2cccc(NN3Cc4ccccc4S3)c2)c1Cl. The fourth-order valence-electron chi connectivity index (χ4n) is 4.67. The first-order valence-electron chi connectivity index (χ1n) is 11.9. The van der Waals surface area contributed by atoms with Crippen molar-refractivity contribution < 1.29 is 19.7 Å². The molecule has 5 rings (SSSR count). The molecule has 1 saturated heterocycles. The van der Waals surface area contributed by atoms with Crippen LogP contribution >= 0.6 is 23.5 Å². The third-order valence-electron chi connectivity index (χ3n) is 6.40. The van der Waals surface area contributed by atoms with Gasteiger partial charge in [-0.1, -0.05) is 54.1 Å². The Morgan fingerprint density at radius 3 is 2.81 bits per heavy atom. The minimum atomic E-state index is -0.896. The second kappa shape index (κ2) is 11.1. The second-order valence-corrected chi connectivity index (χ2v) is 10.4. The van der Waals surface area contributed by atoms with Gasteiger partial charge in [-0.2, -0.15) is 4.41 Å². The molecule has 2 heterocycles. The fraction of sp³-hybridized carbons (Fsp3) is 0.296. The molecule has 3 N–H and O–H groups in total. The van der Waals surface area contributed by atoms with Gasteiger partial charge in [0, 0.05) is 30.0 Å². The number of β-amino-alcohol motifs (C(OH)–C–C–N with tert-alkyl or cyclic N) is 1. The molecular formula is C27H28ClN3O4S. The molecule has 3 aromatic rings. The number of benzene rings is 3. The summed E-state index contributed by atoms with van der Waals surface area (Å²) >= 11 is 8.42. The molecular weight excluding hydrogens is 498 g/mol. The molecule has 0 aliphatic carbocycles. The molecule has 36 heavy (non-hydrogen) atoms. The number of halogens is 1. The minimum Gasteiger partial charge on any atom is -0.492 e. The van der Waals surface area contributed by atoms with Crippen LogP contribution in [0.4, 0.5) is 5.69 Å². The van der Waals surface area contributed by atoms with Crippen LogP contribution in [0.25, 0.3) is 11.1 Å². The van der Waals surface area contributed by atoms with Crippen molar-refractivity contribution in [2.75, 3.05) is 25.1 Å². The average molecular weight is 526 g/mol. The van der Waals surface area contributed by atoms with Crippen LogP contribution in [0, 0.1) is 0 Å². The third kappa shape index (κ3) is 5.63. The molecule has 0 unspecified atom stereocenters. The molecule has 0 spiro atoms. The van der Waals surface area contributed by atoms with E-state index in [-0.39, 0.29) is 6.42 Å². The maximum Gasteiger partial charge on any atom is 0.321 e. The summed E-state index contributed by atoms with van der Waals surface area (Å²) in [6.45, 7) is 2.13. The molecule has 188 valence electrons. The van der Waals surface area contributed by atoms with Crippen molar-refractivity contribution >= 4 is 35.2 Å². The van der Waals surface area contributed by atoms with Crippen molar-refractivity contribution in [3.8, 4) is 16.9 Å². The molecule has 9 heteroatoms. The number of anilines is 1. The Bertz CT molecular complexity index is 1220. The van der Waals surface area contributed by atoms with E-state index in [9.17, 15) is 15.0 Å². The number of fused-ring (bicyclic) bond motifs is 1. The first-order chi connectivity index (χ1) is 17.5. The minimum absolute atomic E-state index is 0.265. The van der Waals surface area contributed by atoms with E-state index in [1.54, 1.807) is 16.8 Å². The van der Waals surface area contributed by atoms with Crippen molar-refractivity contribution in [1.29, 1.82) is 0 Å². The summed E-state index contributed by atoms with van der Waals surface area (Å²) in [4.78, 5) is 14.4. The number of nitrogens with zero attached hydrogens (tertiary/aromatic N) is 2. The van der Waals surface area contributed by atoms with Crippen LogP contribution in [-0.2, 0) is 11.3 Å². The number of ether oxygens (including phenoxy) is 1. The highest BCUT2D eigenvalue weighted by molar-refractivity contribution is 7.97. The molecule has 2 atom stereocenters. The lowest BCUT2D eigenvalue weighted by molar-refractivity contribution is -0.142. The highest BCUT2D eigenvalue weighted by Gasteiger charge is 2.35. The van der Waals surface area contributed by atoms with Crippen LogP contribution in [0.15, 0.2) is 71.6 Å². The van der Waals surface area contributed by atoms with E-state index in [4.69, 9.17) is 16.3 Å². The van der Waals surface area contributed by atoms with Crippen molar-refractivity contribution in [2.45, 2.75) is 36.4 Å². The van der Waals surface area contributed by atoms with Crippen molar-refractivity contribution in [2.24, 2.45) is 0 Å². The molecule has 2 aliphatic heterocycles. The Hall–Kier alpha value is -2.75. The fourth-order valence-corrected chi connectivity index (χ4v) is 5.94. The topological polar surface area (TPSA) is 85.3 Å². The largest absolute Gasteiger partial charge is 0.492 e. The number of nitrogens with one attached hydrogen (secondary N) is 1. The van der Waals surface area contributed by atoms with Crippen molar-refractivity contribution in [3.63, 3.8) is 0 Å². The van der Waals surface area contributed by atoms with Crippen LogP contribution in [-0.4, -0.2) is 57.3 Å². The molecule has 0 aromatic heterocycles. The number of carboxylic acid groups (broad SMARTS) is 1. The molecule has 0 radical (unpaired) electrons. The lowest BCUT2D eigenvalue weighted by atomic mass is 10.0. The normalized spacial score (nSPS) is 19.8. The van der Waals surface area contributed by atoms with E-state index in [0.717, 1.165) is 23.4 Å². The van der Waals surface area contributed by atoms with Gasteiger partial charge in [-0.15, -0.1) is 0 Å². The van der Waals surface area contributed by atoms with E-state index in [0.29, 0.717) is 36.9 Å². The van der Waals surface area contributed by atoms with Gasteiger partial charge in [0.25, 0.3) is 0 Å². The van der Waals surface area contributed by atoms with Gasteiger partial charge < -0.3 is 20.4 Å². The smallest absolute Gasteiger partial charge is 0.321 e. The number of hydrogen-bond acceptors (Lipinski definition) is 7. The maximum atomic E-state index is 11.4. The number of hydrogen-bond donors (Lipinski definition) is 3. The third-order valence-corrected chi connectivity index (χ3v) is 7.83. The lowest BCUT2D eigenvalue weighted by Gasteiger charge is -2.20. The number of aliphatic hydroxyl groups is 1. The standard InChI is InChI=1S/C27H28ClN3O4S/c28-26-22(9-4-10-24(26)35-13-5-12-30-17-21(32)15-23(30)27(33)34)18-7-3-8-20(14-18)29-31-16-19-6-1-2-11-25(19)36-31/h1-4,6-11,14,21,23,29,32H,5,12-13,15-17H2,(H,33,34)/t21-,23+/m1/s1. The van der Waals surface area contributed by atoms with E-state index < -0.39 is 18.1 Å². The summed E-state index contributed by atoms with van der Waals surface area (Å²) in [6.07, 6.45) is 0.302. The number of carboxylic acids is 1. The summed E-state index contributed by atoms with van der Waals surface area (Å²) in [5.41, 5.74) is 7.60. The predicted octanol–water partition coefficient (Wildman–Crippen LogP) is 5.15. The molecule has 0 amide bonds. The van der Waals surface area contributed by atoms with Gasteiger partial charge >= 0.3 is 5.97 Å². The van der Waals surface area contributed by atoms with Crippen molar-refractivity contribution in [3.05, 3.63) is 77.3 Å². The summed E-state index contributed by atoms with van der Waals surface area (Å²) in [6, 6.07) is 21.6. The van der Waals surface area contributed by atoms with E-state index in [1.165, 1.54) is 10.5 Å². The van der Waals surface area contributed by atoms with E-state index in [2.05, 4.69) is 40.2 Å². The number of aliphatic carboxylic acids is 1. The zero-order chi connectivity index (χ0) is 25.1. The molecule has 2 aliphatic rings. The number of likely N-dealkylation sites (tertiary alicyclic amines) is 1. The molecule has 3 aromatic carbocycles. The van der Waals surface area contributed by atoms with E-state index >= 15 is 0 Å². The lowest BCUT2D eigenvalue weighted by Crippen LogP contribution is -2.37. The van der Waals surface area contributed by atoms with Gasteiger partial charge in [0.15, 0.2) is 0 Å². The molecule has 1 fully saturated rings. The Morgan fingerprint density at radius 1 is 1.14 bits per heavy atom. The van der Waals surface area contributed by atoms with Gasteiger partial charge in [0.2, 0.25) is 0 Å². The van der Waals surface area contributed by atoms with Gasteiger partial charge in [0.05, 0.1) is 30.0 Å². The number of rotatable bonds is 9. The summed E-state index contributed by atoms with van der Waals surface area (Å²) < 4.78 is 8.07. The van der Waals surface area contributed by atoms with Crippen LogP contribution in [0.2, 0.25) is 5.02 Å². The highest BCUT2D eigenvalue weighted by atomic mass is 35.5. The summed E-state index contributed by atoms with van der Waals surface area (Å²) in [5.74, 6) is -0.304. The van der Waals surface area contributed by atoms with Gasteiger partial charge in [-0.05, 0) is 53.8 Å². The first kappa shape index (κ1) is 24.9. The zero-order valence-electron chi connectivity index (χ0n) is 19.6.